The molecule has 1 atom stereocenters. The number of aliphatic hydroxyl groups is 1. The summed E-state index contributed by atoms with van der Waals surface area (Å²) in [6.45, 7) is 4.97. The van der Waals surface area contributed by atoms with Gasteiger partial charge < -0.3 is 20.5 Å². The van der Waals surface area contributed by atoms with E-state index in [0.29, 0.717) is 6.54 Å². The van der Waals surface area contributed by atoms with E-state index >= 15 is 0 Å². The van der Waals surface area contributed by atoms with Gasteiger partial charge in [0.1, 0.15) is 0 Å². The number of hydrogen-bond acceptors (Lipinski definition) is 4. The fraction of sp³-hybridized carbons (Fsp3) is 1.00. The molecule has 0 amide bonds. The molecular weight excluding hydrogens is 192 g/mol. The highest BCUT2D eigenvalue weighted by molar-refractivity contribution is 4.73. The maximum absolute atomic E-state index is 9.69. The standard InChI is InChI=1S/C11H26N2O2/c1-11(14,10-12)6-4-7-13(2)8-5-9-15-3/h14H,4-10,12H2,1-3H3. The lowest BCUT2D eigenvalue weighted by Crippen LogP contribution is -2.35. The summed E-state index contributed by atoms with van der Waals surface area (Å²) in [7, 11) is 3.81. The first-order valence-corrected chi connectivity index (χ1v) is 5.62. The molecule has 0 heterocycles. The smallest absolute Gasteiger partial charge is 0.0741 e. The summed E-state index contributed by atoms with van der Waals surface area (Å²) in [5, 5.41) is 9.69. The molecule has 0 rings (SSSR count). The van der Waals surface area contributed by atoms with Crippen LogP contribution in [0.3, 0.4) is 0 Å². The lowest BCUT2D eigenvalue weighted by molar-refractivity contribution is 0.0549. The second-order valence-corrected chi connectivity index (χ2v) is 4.45. The molecule has 0 aromatic rings. The van der Waals surface area contributed by atoms with E-state index in [9.17, 15) is 5.11 Å². The molecule has 0 aromatic carbocycles. The number of nitrogens with zero attached hydrogens (tertiary/aromatic N) is 1. The zero-order valence-corrected chi connectivity index (χ0v) is 10.3. The minimum atomic E-state index is -0.701. The van der Waals surface area contributed by atoms with Gasteiger partial charge in [0.15, 0.2) is 0 Å². The lowest BCUT2D eigenvalue weighted by Gasteiger charge is -2.23. The quantitative estimate of drug-likeness (QED) is 0.552. The molecule has 1 unspecified atom stereocenters. The van der Waals surface area contributed by atoms with Crippen LogP contribution in [0.2, 0.25) is 0 Å². The highest BCUT2D eigenvalue weighted by Crippen LogP contribution is 2.10. The fourth-order valence-electron chi connectivity index (χ4n) is 1.42. The molecule has 0 radical (unpaired) electrons. The fourth-order valence-corrected chi connectivity index (χ4v) is 1.42. The largest absolute Gasteiger partial charge is 0.389 e. The summed E-state index contributed by atoms with van der Waals surface area (Å²) in [5.41, 5.74) is 4.74. The Morgan fingerprint density at radius 3 is 2.47 bits per heavy atom. The average molecular weight is 218 g/mol. The molecule has 92 valence electrons. The van der Waals surface area contributed by atoms with Gasteiger partial charge in [0.25, 0.3) is 0 Å². The van der Waals surface area contributed by atoms with E-state index in [1.54, 1.807) is 14.0 Å². The molecule has 4 heteroatoms. The van der Waals surface area contributed by atoms with Crippen molar-refractivity contribution in [3.8, 4) is 0 Å². The number of ether oxygens (including phenoxy) is 1. The summed E-state index contributed by atoms with van der Waals surface area (Å²) in [5.74, 6) is 0. The SMILES string of the molecule is COCCCN(C)CCCC(C)(O)CN. The van der Waals surface area contributed by atoms with Gasteiger partial charge in [-0.15, -0.1) is 0 Å². The summed E-state index contributed by atoms with van der Waals surface area (Å²) in [6, 6.07) is 0. The van der Waals surface area contributed by atoms with Gasteiger partial charge in [-0.3, -0.25) is 0 Å². The van der Waals surface area contributed by atoms with E-state index in [4.69, 9.17) is 10.5 Å². The maximum Gasteiger partial charge on any atom is 0.0741 e. The Hall–Kier alpha value is -0.160. The Bertz CT molecular complexity index is 152. The van der Waals surface area contributed by atoms with Crippen molar-refractivity contribution in [2.24, 2.45) is 5.73 Å². The molecule has 0 aromatic heterocycles. The van der Waals surface area contributed by atoms with Gasteiger partial charge >= 0.3 is 0 Å². The number of nitrogens with two attached hydrogens (primary N) is 1. The predicted molar refractivity (Wildman–Crippen MR) is 62.9 cm³/mol. The van der Waals surface area contributed by atoms with Crippen molar-refractivity contribution in [3.05, 3.63) is 0 Å². The molecule has 15 heavy (non-hydrogen) atoms. The summed E-state index contributed by atoms with van der Waals surface area (Å²) in [6.07, 6.45) is 2.80. The zero-order valence-electron chi connectivity index (χ0n) is 10.3. The number of hydrogen-bond donors (Lipinski definition) is 2. The van der Waals surface area contributed by atoms with Crippen LogP contribution in [0.25, 0.3) is 0 Å². The minimum absolute atomic E-state index is 0.334. The maximum atomic E-state index is 9.69. The third-order valence-corrected chi connectivity index (χ3v) is 2.58. The summed E-state index contributed by atoms with van der Waals surface area (Å²) >= 11 is 0. The number of methoxy groups -OCH3 is 1. The minimum Gasteiger partial charge on any atom is -0.389 e. The Morgan fingerprint density at radius 1 is 1.33 bits per heavy atom. The second-order valence-electron chi connectivity index (χ2n) is 4.45. The van der Waals surface area contributed by atoms with Gasteiger partial charge in [-0.2, -0.15) is 0 Å². The van der Waals surface area contributed by atoms with Gasteiger partial charge in [-0.05, 0) is 39.8 Å². The molecule has 0 aliphatic rings. The van der Waals surface area contributed by atoms with Crippen molar-refractivity contribution in [2.45, 2.75) is 31.8 Å². The topological polar surface area (TPSA) is 58.7 Å². The van der Waals surface area contributed by atoms with Crippen LogP contribution in [0.15, 0.2) is 0 Å². The van der Waals surface area contributed by atoms with Crippen molar-refractivity contribution in [1.29, 1.82) is 0 Å². The van der Waals surface area contributed by atoms with Crippen LogP contribution in [-0.2, 0) is 4.74 Å². The molecule has 0 spiro atoms. The van der Waals surface area contributed by atoms with Crippen LogP contribution in [0.1, 0.15) is 26.2 Å². The van der Waals surface area contributed by atoms with Crippen molar-refractivity contribution < 1.29 is 9.84 Å². The van der Waals surface area contributed by atoms with E-state index in [0.717, 1.165) is 39.0 Å². The first kappa shape index (κ1) is 14.8. The van der Waals surface area contributed by atoms with Gasteiger partial charge in [-0.25, -0.2) is 0 Å². The number of rotatable bonds is 9. The van der Waals surface area contributed by atoms with Crippen LogP contribution in [0.4, 0.5) is 0 Å². The van der Waals surface area contributed by atoms with Crippen molar-refractivity contribution >= 4 is 0 Å². The Balaban J connectivity index is 3.42. The Kier molecular flexibility index (Phi) is 7.96. The molecule has 0 saturated heterocycles. The van der Waals surface area contributed by atoms with Gasteiger partial charge in [0, 0.05) is 26.8 Å². The first-order valence-electron chi connectivity index (χ1n) is 5.62. The molecule has 0 bridgehead atoms. The van der Waals surface area contributed by atoms with Gasteiger partial charge in [-0.1, -0.05) is 0 Å². The van der Waals surface area contributed by atoms with Crippen LogP contribution in [0.5, 0.6) is 0 Å². The van der Waals surface area contributed by atoms with Crippen molar-refractivity contribution in [3.63, 3.8) is 0 Å². The van der Waals surface area contributed by atoms with E-state index < -0.39 is 5.60 Å². The first-order chi connectivity index (χ1) is 7.02. The predicted octanol–water partition coefficient (Wildman–Crippen LogP) is 0.445. The van der Waals surface area contributed by atoms with Crippen molar-refractivity contribution in [1.82, 2.24) is 4.90 Å². The van der Waals surface area contributed by atoms with Crippen LogP contribution >= 0.6 is 0 Å². The Labute approximate surface area is 93.4 Å². The Morgan fingerprint density at radius 2 is 1.93 bits per heavy atom. The van der Waals surface area contributed by atoms with E-state index in [2.05, 4.69) is 11.9 Å². The summed E-state index contributed by atoms with van der Waals surface area (Å²) < 4.78 is 4.99. The molecule has 0 aliphatic heterocycles. The van der Waals surface area contributed by atoms with Gasteiger partial charge in [0.05, 0.1) is 5.60 Å². The zero-order chi connectivity index (χ0) is 11.7. The average Bonchev–Trinajstić information content (AvgIpc) is 2.18. The van der Waals surface area contributed by atoms with Gasteiger partial charge in [0.2, 0.25) is 0 Å². The molecule has 0 aliphatic carbocycles. The monoisotopic (exact) mass is 218 g/mol. The second kappa shape index (κ2) is 8.05. The van der Waals surface area contributed by atoms with E-state index in [1.165, 1.54) is 0 Å². The highest BCUT2D eigenvalue weighted by atomic mass is 16.5. The normalized spacial score (nSPS) is 15.6. The van der Waals surface area contributed by atoms with Crippen molar-refractivity contribution in [2.75, 3.05) is 40.4 Å². The van der Waals surface area contributed by atoms with Crippen LogP contribution in [0, 0.1) is 0 Å². The molecule has 3 N–H and O–H groups in total. The van der Waals surface area contributed by atoms with Crippen LogP contribution in [-0.4, -0.2) is 56.0 Å². The summed E-state index contributed by atoms with van der Waals surface area (Å²) in [4.78, 5) is 2.26. The molecule has 4 nitrogen and oxygen atoms in total. The highest BCUT2D eigenvalue weighted by Gasteiger charge is 2.17. The molecular formula is C11H26N2O2. The third-order valence-electron chi connectivity index (χ3n) is 2.58. The lowest BCUT2D eigenvalue weighted by atomic mass is 10.0. The molecule has 0 saturated carbocycles. The van der Waals surface area contributed by atoms with E-state index in [-0.39, 0.29) is 0 Å². The molecule has 0 fully saturated rings. The third kappa shape index (κ3) is 8.81. The van der Waals surface area contributed by atoms with E-state index in [1.807, 2.05) is 0 Å². The van der Waals surface area contributed by atoms with Crippen LogP contribution < -0.4 is 5.73 Å².